The van der Waals surface area contributed by atoms with Crippen molar-refractivity contribution >= 4 is 6.79 Å². The Morgan fingerprint density at radius 2 is 1.48 bits per heavy atom. The van der Waals surface area contributed by atoms with E-state index >= 15 is 0 Å². The van der Waals surface area contributed by atoms with Gasteiger partial charge in [-0.1, -0.05) is 82.5 Å². The van der Waals surface area contributed by atoms with Gasteiger partial charge in [0, 0.05) is 7.11 Å². The minimum absolute atomic E-state index is 0.512. The second-order valence-electron chi connectivity index (χ2n) is 4.71. The molecule has 0 spiro atoms. The lowest BCUT2D eigenvalue weighted by molar-refractivity contribution is -0.0979. The Hall–Kier alpha value is -2.19. The fraction of sp³-hybridized carbons (Fsp3) is 0.348. The van der Waals surface area contributed by atoms with Gasteiger partial charge in [-0.2, -0.15) is 0 Å². The molecule has 0 fully saturated rings. The van der Waals surface area contributed by atoms with Gasteiger partial charge < -0.3 is 9.53 Å². The first kappa shape index (κ1) is 30.7. The molecule has 2 heteroatoms. The van der Waals surface area contributed by atoms with Crippen LogP contribution in [0.25, 0.3) is 0 Å². The van der Waals surface area contributed by atoms with Gasteiger partial charge in [-0.3, -0.25) is 0 Å². The zero-order chi connectivity index (χ0) is 20.8. The van der Waals surface area contributed by atoms with Gasteiger partial charge in [0.2, 0.25) is 0 Å². The van der Waals surface area contributed by atoms with Gasteiger partial charge in [0.1, 0.15) is 6.79 Å². The van der Waals surface area contributed by atoms with Crippen LogP contribution in [0.15, 0.2) is 85.1 Å². The molecule has 2 nitrogen and oxygen atoms in total. The van der Waals surface area contributed by atoms with E-state index in [1.54, 1.807) is 13.2 Å². The Balaban J connectivity index is -0.000000274. The van der Waals surface area contributed by atoms with Crippen molar-refractivity contribution in [1.29, 1.82) is 0 Å². The van der Waals surface area contributed by atoms with Crippen LogP contribution in [0.1, 0.15) is 41.0 Å². The molecular formula is C23H38O2. The molecule has 0 aliphatic rings. The maximum Gasteiger partial charge on any atom is 0.106 e. The second-order valence-corrected chi connectivity index (χ2v) is 4.71. The summed E-state index contributed by atoms with van der Waals surface area (Å²) < 4.78 is 5.19. The number of ether oxygens (including phenoxy) is 1. The first-order valence-electron chi connectivity index (χ1n) is 8.29. The molecule has 0 unspecified atom stereocenters. The van der Waals surface area contributed by atoms with Crippen LogP contribution in [0.2, 0.25) is 0 Å². The summed E-state index contributed by atoms with van der Waals surface area (Å²) >= 11 is 0. The van der Waals surface area contributed by atoms with Crippen molar-refractivity contribution in [2.75, 3.05) is 13.7 Å². The fourth-order valence-electron chi connectivity index (χ4n) is 1.27. The van der Waals surface area contributed by atoms with Crippen molar-refractivity contribution in [2.45, 2.75) is 41.0 Å². The van der Waals surface area contributed by atoms with Gasteiger partial charge in [0.25, 0.3) is 0 Å². The first-order chi connectivity index (χ1) is 11.8. The van der Waals surface area contributed by atoms with E-state index in [9.17, 15) is 0 Å². The molecule has 0 saturated carbocycles. The number of carbonyl (C=O) groups excluding carboxylic acids is 1. The Labute approximate surface area is 156 Å². The van der Waals surface area contributed by atoms with E-state index in [0.29, 0.717) is 6.61 Å². The minimum Gasteiger partial charge on any atom is -0.380 e. The van der Waals surface area contributed by atoms with Crippen LogP contribution in [-0.2, 0) is 9.53 Å². The molecule has 0 amide bonds. The molecule has 0 radical (unpaired) electrons. The topological polar surface area (TPSA) is 26.3 Å². The molecule has 0 saturated heterocycles. The lowest BCUT2D eigenvalue weighted by Gasteiger charge is -2.11. The Kier molecular flexibility index (Phi) is 29.5. The van der Waals surface area contributed by atoms with Crippen LogP contribution < -0.4 is 0 Å². The van der Waals surface area contributed by atoms with Gasteiger partial charge in [0.05, 0.1) is 6.61 Å². The molecule has 0 aliphatic heterocycles. The zero-order valence-electron chi connectivity index (χ0n) is 17.3. The molecule has 0 heterocycles. The number of allylic oxidation sites excluding steroid dienone is 7. The van der Waals surface area contributed by atoms with Crippen molar-refractivity contribution in [3.8, 4) is 0 Å². The fourth-order valence-corrected chi connectivity index (χ4v) is 1.27. The molecule has 0 N–H and O–H groups in total. The summed E-state index contributed by atoms with van der Waals surface area (Å²) in [5.41, 5.74) is 4.80. The average molecular weight is 347 g/mol. The van der Waals surface area contributed by atoms with E-state index in [4.69, 9.17) is 9.53 Å². The smallest absolute Gasteiger partial charge is 0.106 e. The summed E-state index contributed by atoms with van der Waals surface area (Å²) in [6.07, 6.45) is 8.52. The predicted octanol–water partition coefficient (Wildman–Crippen LogP) is 6.80. The lowest BCUT2D eigenvalue weighted by atomic mass is 9.98. The molecule has 0 aromatic heterocycles. The van der Waals surface area contributed by atoms with E-state index in [2.05, 4.69) is 39.8 Å². The minimum atomic E-state index is 0.512. The third-order valence-electron chi connectivity index (χ3n) is 2.48. The van der Waals surface area contributed by atoms with Crippen molar-refractivity contribution in [3.63, 3.8) is 0 Å². The van der Waals surface area contributed by atoms with Crippen molar-refractivity contribution in [3.05, 3.63) is 85.1 Å². The summed E-state index contributed by atoms with van der Waals surface area (Å²) in [5.74, 6) is 0. The first-order valence-corrected chi connectivity index (χ1v) is 8.29. The largest absolute Gasteiger partial charge is 0.380 e. The normalized spacial score (nSPS) is 9.28. The van der Waals surface area contributed by atoms with E-state index in [1.165, 1.54) is 0 Å². The SMILES string of the molecule is C=C(C)/C=C\C(=C)C(=C)/C(=C\C(=C)CC)COC.C=CC.C=O.CC. The highest BCUT2D eigenvalue weighted by Gasteiger charge is 2.05. The van der Waals surface area contributed by atoms with Crippen molar-refractivity contribution in [2.24, 2.45) is 0 Å². The third-order valence-corrected chi connectivity index (χ3v) is 2.48. The summed E-state index contributed by atoms with van der Waals surface area (Å²) in [6, 6.07) is 0. The molecule has 0 aromatic carbocycles. The quantitative estimate of drug-likeness (QED) is 0.357. The molecule has 0 atom stereocenters. The van der Waals surface area contributed by atoms with Gasteiger partial charge in [-0.15, -0.1) is 6.58 Å². The Bertz CT molecular complexity index is 462. The lowest BCUT2D eigenvalue weighted by Crippen LogP contribution is -1.99. The number of hydrogen-bond donors (Lipinski definition) is 0. The van der Waals surface area contributed by atoms with Crippen LogP contribution >= 0.6 is 0 Å². The highest BCUT2D eigenvalue weighted by atomic mass is 16.5. The molecule has 0 bridgehead atoms. The van der Waals surface area contributed by atoms with Crippen LogP contribution in [0.5, 0.6) is 0 Å². The van der Waals surface area contributed by atoms with Gasteiger partial charge in [-0.25, -0.2) is 0 Å². The maximum absolute atomic E-state index is 8.00. The highest BCUT2D eigenvalue weighted by Crippen LogP contribution is 2.20. The molecule has 0 rings (SSSR count). The van der Waals surface area contributed by atoms with Gasteiger partial charge in [0.15, 0.2) is 0 Å². The Morgan fingerprint density at radius 1 is 1.04 bits per heavy atom. The van der Waals surface area contributed by atoms with E-state index < -0.39 is 0 Å². The predicted molar refractivity (Wildman–Crippen MR) is 116 cm³/mol. The summed E-state index contributed by atoms with van der Waals surface area (Å²) in [5, 5.41) is 0. The zero-order valence-corrected chi connectivity index (χ0v) is 17.3. The van der Waals surface area contributed by atoms with E-state index in [-0.39, 0.29) is 0 Å². The van der Waals surface area contributed by atoms with Gasteiger partial charge >= 0.3 is 0 Å². The van der Waals surface area contributed by atoms with Crippen molar-refractivity contribution in [1.82, 2.24) is 0 Å². The molecule has 0 aliphatic carbocycles. The average Bonchev–Trinajstić information content (AvgIpc) is 2.62. The van der Waals surface area contributed by atoms with Crippen LogP contribution in [0.4, 0.5) is 0 Å². The Morgan fingerprint density at radius 3 is 1.80 bits per heavy atom. The van der Waals surface area contributed by atoms with Crippen LogP contribution in [0, 0.1) is 0 Å². The maximum atomic E-state index is 8.00. The standard InChI is InChI=1S/C17H24O.C3H6.C2H6.CH2O/c1-8-14(4)11-17(12-18-7)16(6)15(5)10-9-13(2)3;1-3-2;2*1-2/h9-11H,2,4-6,8,12H2,1,3,7H3;3H,1H2,2H3;1-2H3;1H2/b10-9-,17-11-;;;. The van der Waals surface area contributed by atoms with Crippen molar-refractivity contribution < 1.29 is 9.53 Å². The molecule has 142 valence electrons. The van der Waals surface area contributed by atoms with Crippen LogP contribution in [0.3, 0.4) is 0 Å². The van der Waals surface area contributed by atoms with Gasteiger partial charge in [-0.05, 0) is 37.0 Å². The summed E-state index contributed by atoms with van der Waals surface area (Å²) in [7, 11) is 1.67. The number of carbonyl (C=O) groups is 1. The summed E-state index contributed by atoms with van der Waals surface area (Å²) in [6.45, 7) is 31.6. The highest BCUT2D eigenvalue weighted by molar-refractivity contribution is 5.51. The van der Waals surface area contributed by atoms with E-state index in [1.807, 2.05) is 52.7 Å². The molecule has 0 aromatic rings. The number of hydrogen-bond acceptors (Lipinski definition) is 2. The number of rotatable bonds is 8. The monoisotopic (exact) mass is 346 g/mol. The number of methoxy groups -OCH3 is 1. The van der Waals surface area contributed by atoms with E-state index in [0.717, 1.165) is 34.3 Å². The molecular weight excluding hydrogens is 308 g/mol. The third kappa shape index (κ3) is 21.8. The molecule has 25 heavy (non-hydrogen) atoms. The second kappa shape index (κ2) is 24.1. The summed E-state index contributed by atoms with van der Waals surface area (Å²) in [4.78, 5) is 8.00. The van der Waals surface area contributed by atoms with Crippen LogP contribution in [-0.4, -0.2) is 20.5 Å².